The molecule has 3 N–H and O–H groups in total. The smallest absolute Gasteiger partial charge is 0.289 e. The minimum Gasteiger partial charge on any atom is -0.507 e. The van der Waals surface area contributed by atoms with Crippen molar-refractivity contribution in [1.29, 1.82) is 0 Å². The summed E-state index contributed by atoms with van der Waals surface area (Å²) in [6.45, 7) is 3.88. The van der Waals surface area contributed by atoms with Crippen molar-refractivity contribution in [2.45, 2.75) is 13.8 Å². The number of aryl methyl sites for hydroxylation is 1. The molecule has 2 heterocycles. The van der Waals surface area contributed by atoms with Gasteiger partial charge in [-0.2, -0.15) is 15.3 Å². The van der Waals surface area contributed by atoms with Gasteiger partial charge in [0, 0.05) is 11.1 Å². The molecule has 2 aromatic carbocycles. The molecule has 2 aromatic heterocycles. The van der Waals surface area contributed by atoms with Crippen LogP contribution in [-0.4, -0.2) is 37.2 Å². The number of para-hydroxylation sites is 2. The molecule has 0 aliphatic rings. The summed E-state index contributed by atoms with van der Waals surface area (Å²) in [5.41, 5.74) is 7.39. The van der Waals surface area contributed by atoms with E-state index in [9.17, 15) is 9.90 Å². The number of aromatic nitrogens is 4. The van der Waals surface area contributed by atoms with E-state index in [4.69, 9.17) is 0 Å². The van der Waals surface area contributed by atoms with Gasteiger partial charge in [-0.3, -0.25) is 9.89 Å². The normalized spacial score (nSPS) is 11.1. The molecule has 4 aromatic rings. The predicted octanol–water partition coefficient (Wildman–Crippen LogP) is 3.35. The van der Waals surface area contributed by atoms with Gasteiger partial charge in [-0.25, -0.2) is 10.1 Å². The van der Waals surface area contributed by atoms with Crippen molar-refractivity contribution in [3.63, 3.8) is 0 Å². The first-order chi connectivity index (χ1) is 14.5. The maximum Gasteiger partial charge on any atom is 0.289 e. The summed E-state index contributed by atoms with van der Waals surface area (Å²) in [4.78, 5) is 12.4. The minimum absolute atomic E-state index is 0.0840. The van der Waals surface area contributed by atoms with E-state index >= 15 is 0 Å². The molecule has 0 saturated heterocycles. The zero-order chi connectivity index (χ0) is 21.1. The number of hydrazone groups is 1. The minimum atomic E-state index is -0.439. The molecule has 0 spiro atoms. The summed E-state index contributed by atoms with van der Waals surface area (Å²) < 4.78 is 1.86. The number of aromatic hydroxyl groups is 1. The quantitative estimate of drug-likeness (QED) is 0.353. The van der Waals surface area contributed by atoms with Crippen LogP contribution < -0.4 is 5.43 Å². The van der Waals surface area contributed by atoms with Crippen molar-refractivity contribution < 1.29 is 9.90 Å². The van der Waals surface area contributed by atoms with Crippen LogP contribution in [-0.2, 0) is 0 Å². The van der Waals surface area contributed by atoms with Crippen molar-refractivity contribution in [2.75, 3.05) is 0 Å². The third-order valence-corrected chi connectivity index (χ3v) is 4.68. The molecule has 0 aliphatic carbocycles. The van der Waals surface area contributed by atoms with E-state index in [2.05, 4.69) is 25.8 Å². The molecule has 4 rings (SSSR count). The second kappa shape index (κ2) is 8.04. The van der Waals surface area contributed by atoms with Gasteiger partial charge < -0.3 is 5.11 Å². The molecule has 30 heavy (non-hydrogen) atoms. The number of H-pyrrole nitrogens is 1. The Morgan fingerprint density at radius 2 is 1.87 bits per heavy atom. The molecule has 150 valence electrons. The third kappa shape index (κ3) is 3.70. The largest absolute Gasteiger partial charge is 0.507 e. The Morgan fingerprint density at radius 3 is 2.63 bits per heavy atom. The number of hydrogen-bond donors (Lipinski definition) is 3. The highest BCUT2D eigenvalue weighted by Crippen LogP contribution is 2.27. The van der Waals surface area contributed by atoms with Crippen LogP contribution in [0.5, 0.6) is 5.75 Å². The van der Waals surface area contributed by atoms with Gasteiger partial charge in [-0.05, 0) is 44.2 Å². The van der Waals surface area contributed by atoms with E-state index in [0.717, 1.165) is 22.6 Å². The van der Waals surface area contributed by atoms with Crippen LogP contribution >= 0.6 is 0 Å². The first-order valence-corrected chi connectivity index (χ1v) is 9.33. The van der Waals surface area contributed by atoms with E-state index < -0.39 is 5.91 Å². The Balaban J connectivity index is 1.54. The first kappa shape index (κ1) is 19.1. The monoisotopic (exact) mass is 400 g/mol. The average Bonchev–Trinajstić information content (AvgIpc) is 3.34. The maximum absolute atomic E-state index is 12.4. The van der Waals surface area contributed by atoms with Gasteiger partial charge in [0.25, 0.3) is 5.91 Å². The fourth-order valence-electron chi connectivity index (χ4n) is 3.22. The Hall–Kier alpha value is -4.20. The van der Waals surface area contributed by atoms with Crippen LogP contribution in [0.1, 0.15) is 27.4 Å². The lowest BCUT2D eigenvalue weighted by Crippen LogP contribution is -2.18. The lowest BCUT2D eigenvalue weighted by molar-refractivity contribution is 0.0950. The first-order valence-electron chi connectivity index (χ1n) is 9.33. The molecule has 0 saturated carbocycles. The van der Waals surface area contributed by atoms with E-state index in [1.165, 1.54) is 6.21 Å². The van der Waals surface area contributed by atoms with Crippen molar-refractivity contribution in [1.82, 2.24) is 25.4 Å². The van der Waals surface area contributed by atoms with Gasteiger partial charge in [-0.15, -0.1) is 0 Å². The van der Waals surface area contributed by atoms with Crippen molar-refractivity contribution in [3.05, 3.63) is 83.3 Å². The number of rotatable bonds is 5. The van der Waals surface area contributed by atoms with Crippen LogP contribution in [0.4, 0.5) is 0 Å². The molecule has 0 bridgehead atoms. The second-order valence-electron chi connectivity index (χ2n) is 6.72. The molecular weight excluding hydrogens is 380 g/mol. The fraction of sp³-hybridized carbons (Fsp3) is 0.0909. The number of benzene rings is 2. The Kier molecular flexibility index (Phi) is 5.13. The van der Waals surface area contributed by atoms with Crippen LogP contribution in [0, 0.1) is 13.8 Å². The van der Waals surface area contributed by atoms with E-state index in [-0.39, 0.29) is 11.4 Å². The number of aromatic amines is 1. The zero-order valence-corrected chi connectivity index (χ0v) is 16.5. The van der Waals surface area contributed by atoms with E-state index in [0.29, 0.717) is 11.3 Å². The molecule has 8 nitrogen and oxygen atoms in total. The van der Waals surface area contributed by atoms with Crippen LogP contribution in [0.15, 0.2) is 65.8 Å². The molecule has 0 aliphatic heterocycles. The van der Waals surface area contributed by atoms with Crippen molar-refractivity contribution in [3.8, 4) is 22.7 Å². The van der Waals surface area contributed by atoms with Gasteiger partial charge >= 0.3 is 0 Å². The molecule has 0 unspecified atom stereocenters. The molecule has 8 heteroatoms. The standard InChI is InChI=1S/C22H20N6O2/c1-14-21(15(2)28(27-14)17-9-4-3-5-10-17)18-12-19(25-24-18)22(30)26-23-13-16-8-6-7-11-20(16)29/h3-13,29H,1-2H3,(H,24,25)(H,26,30)/b23-13-. The van der Waals surface area contributed by atoms with Gasteiger partial charge in [0.2, 0.25) is 0 Å². The Bertz CT molecular complexity index is 1220. The zero-order valence-electron chi connectivity index (χ0n) is 16.5. The third-order valence-electron chi connectivity index (χ3n) is 4.68. The topological polar surface area (TPSA) is 108 Å². The van der Waals surface area contributed by atoms with Gasteiger partial charge in [-0.1, -0.05) is 30.3 Å². The summed E-state index contributed by atoms with van der Waals surface area (Å²) in [5.74, 6) is -0.355. The van der Waals surface area contributed by atoms with Crippen LogP contribution in [0.2, 0.25) is 0 Å². The number of phenolic OH excluding ortho intramolecular Hbond substituents is 1. The predicted molar refractivity (Wildman–Crippen MR) is 114 cm³/mol. The average molecular weight is 400 g/mol. The maximum atomic E-state index is 12.4. The number of nitrogens with one attached hydrogen (secondary N) is 2. The highest BCUT2D eigenvalue weighted by atomic mass is 16.3. The molecule has 0 fully saturated rings. The lowest BCUT2D eigenvalue weighted by Gasteiger charge is -2.04. The van der Waals surface area contributed by atoms with Crippen LogP contribution in [0.3, 0.4) is 0 Å². The van der Waals surface area contributed by atoms with Gasteiger partial charge in [0.15, 0.2) is 0 Å². The fourth-order valence-corrected chi connectivity index (χ4v) is 3.22. The molecular formula is C22H20N6O2. The van der Waals surface area contributed by atoms with E-state index in [1.807, 2.05) is 48.9 Å². The summed E-state index contributed by atoms with van der Waals surface area (Å²) in [6, 6.07) is 18.2. The summed E-state index contributed by atoms with van der Waals surface area (Å²) in [6.07, 6.45) is 1.38. The summed E-state index contributed by atoms with van der Waals surface area (Å²) >= 11 is 0. The summed E-state index contributed by atoms with van der Waals surface area (Å²) in [7, 11) is 0. The van der Waals surface area contributed by atoms with Crippen LogP contribution in [0.25, 0.3) is 16.9 Å². The highest BCUT2D eigenvalue weighted by Gasteiger charge is 2.18. The number of carbonyl (C=O) groups excluding carboxylic acids is 1. The Morgan fingerprint density at radius 1 is 1.13 bits per heavy atom. The van der Waals surface area contributed by atoms with Crippen molar-refractivity contribution in [2.24, 2.45) is 5.10 Å². The second-order valence-corrected chi connectivity index (χ2v) is 6.72. The number of hydrogen-bond acceptors (Lipinski definition) is 5. The lowest BCUT2D eigenvalue weighted by atomic mass is 10.1. The highest BCUT2D eigenvalue weighted by molar-refractivity contribution is 5.94. The van der Waals surface area contributed by atoms with Gasteiger partial charge in [0.1, 0.15) is 11.4 Å². The molecule has 1 amide bonds. The van der Waals surface area contributed by atoms with E-state index in [1.54, 1.807) is 30.3 Å². The number of amides is 1. The number of nitrogens with zero attached hydrogens (tertiary/aromatic N) is 4. The number of phenols is 1. The number of carbonyl (C=O) groups is 1. The van der Waals surface area contributed by atoms with Crippen molar-refractivity contribution >= 4 is 12.1 Å². The van der Waals surface area contributed by atoms with Gasteiger partial charge in [0.05, 0.1) is 29.0 Å². The SMILES string of the molecule is Cc1nn(-c2ccccc2)c(C)c1-c1cc(C(=O)N/N=C\c2ccccc2O)[nH]n1. The molecule has 0 radical (unpaired) electrons. The summed E-state index contributed by atoms with van der Waals surface area (Å²) in [5, 5.41) is 25.3. The Labute approximate surface area is 172 Å². The molecule has 0 atom stereocenters.